The molecule has 0 heterocycles. The molecule has 0 saturated heterocycles. The summed E-state index contributed by atoms with van der Waals surface area (Å²) < 4.78 is 12.5. The molecule has 0 atom stereocenters. The number of aryl methyl sites for hydroxylation is 2. The topological polar surface area (TPSA) is 55.8 Å². The zero-order chi connectivity index (χ0) is 32.0. The second-order valence-electron chi connectivity index (χ2n) is 13.0. The molecule has 45 heavy (non-hydrogen) atoms. The number of phenolic OH excluding ortho intramolecular Hbond substituents is 1. The molecule has 1 N–H and O–H groups in total. The largest absolute Gasteiger partial charge is 0.508 e. The van der Waals surface area contributed by atoms with Gasteiger partial charge >= 0.3 is 0 Å². The van der Waals surface area contributed by atoms with E-state index in [0.29, 0.717) is 34.1 Å². The van der Waals surface area contributed by atoms with Crippen molar-refractivity contribution in [1.82, 2.24) is 0 Å². The molecule has 0 fully saturated rings. The average molecular weight is 607 g/mol. The first kappa shape index (κ1) is 33.8. The number of phenols is 1. The number of hydrogen-bond acceptors (Lipinski definition) is 4. The van der Waals surface area contributed by atoms with E-state index in [-0.39, 0.29) is 11.5 Å². The smallest absolute Gasteiger partial charge is 0.193 e. The molecule has 0 aliphatic rings. The number of ether oxygens (including phenoxy) is 2. The summed E-state index contributed by atoms with van der Waals surface area (Å²) in [7, 11) is 0. The van der Waals surface area contributed by atoms with E-state index in [4.69, 9.17) is 9.47 Å². The van der Waals surface area contributed by atoms with E-state index in [1.165, 1.54) is 74.6 Å². The van der Waals surface area contributed by atoms with Gasteiger partial charge in [0.05, 0.1) is 0 Å². The summed E-state index contributed by atoms with van der Waals surface area (Å²) in [4.78, 5) is 13.4. The first-order chi connectivity index (χ1) is 21.7. The van der Waals surface area contributed by atoms with Gasteiger partial charge in [0, 0.05) is 17.2 Å². The molecular formula is C41H50O4. The quantitative estimate of drug-likeness (QED) is 0.0904. The molecule has 0 amide bonds. The standard InChI is InChI=1S/C41H50O4/c1-30(2)11-7-5-9-13-32-15-23-37(24-16-32)44-39-27-35(41(43)34-19-21-36(42)22-20-34)28-40(29-39)45-38-25-17-33(18-26-38)14-10-6-8-12-31(3)4/h15-31,42H,5-14H2,1-4H3. The zero-order valence-corrected chi connectivity index (χ0v) is 27.6. The third-order valence-corrected chi connectivity index (χ3v) is 8.08. The molecule has 0 unspecified atom stereocenters. The van der Waals surface area contributed by atoms with Crippen molar-refractivity contribution >= 4 is 5.78 Å². The maximum absolute atomic E-state index is 13.4. The third kappa shape index (κ3) is 11.8. The predicted molar refractivity (Wildman–Crippen MR) is 185 cm³/mol. The number of ketones is 1. The molecule has 4 aromatic rings. The lowest BCUT2D eigenvalue weighted by Gasteiger charge is -2.13. The van der Waals surface area contributed by atoms with Crippen molar-refractivity contribution < 1.29 is 19.4 Å². The van der Waals surface area contributed by atoms with Crippen molar-refractivity contribution in [2.45, 2.75) is 91.9 Å². The van der Waals surface area contributed by atoms with E-state index in [1.807, 2.05) is 30.3 Å². The molecule has 4 nitrogen and oxygen atoms in total. The fourth-order valence-corrected chi connectivity index (χ4v) is 5.44. The summed E-state index contributed by atoms with van der Waals surface area (Å²) in [6.45, 7) is 9.12. The fourth-order valence-electron chi connectivity index (χ4n) is 5.44. The van der Waals surface area contributed by atoms with Gasteiger partial charge in [-0.15, -0.1) is 0 Å². The number of hydrogen-bond donors (Lipinski definition) is 1. The highest BCUT2D eigenvalue weighted by Crippen LogP contribution is 2.32. The number of carbonyl (C=O) groups is 1. The first-order valence-corrected chi connectivity index (χ1v) is 16.8. The lowest BCUT2D eigenvalue weighted by Crippen LogP contribution is -2.02. The van der Waals surface area contributed by atoms with Crippen LogP contribution in [0.4, 0.5) is 0 Å². The molecule has 4 aromatic carbocycles. The van der Waals surface area contributed by atoms with E-state index in [2.05, 4.69) is 52.0 Å². The molecule has 238 valence electrons. The molecule has 4 rings (SSSR count). The van der Waals surface area contributed by atoms with Gasteiger partial charge in [-0.2, -0.15) is 0 Å². The number of rotatable bonds is 18. The summed E-state index contributed by atoms with van der Waals surface area (Å²) >= 11 is 0. The Labute approximate surface area is 270 Å². The van der Waals surface area contributed by atoms with E-state index in [1.54, 1.807) is 24.3 Å². The number of carbonyl (C=O) groups excluding carboxylic acids is 1. The minimum absolute atomic E-state index is 0.116. The molecule has 0 aromatic heterocycles. The fraction of sp³-hybridized carbons (Fsp3) is 0.390. The van der Waals surface area contributed by atoms with Gasteiger partial charge in [0.25, 0.3) is 0 Å². The van der Waals surface area contributed by atoms with Crippen LogP contribution in [-0.4, -0.2) is 10.9 Å². The van der Waals surface area contributed by atoms with Crippen LogP contribution in [0.3, 0.4) is 0 Å². The summed E-state index contributed by atoms with van der Waals surface area (Å²) in [5.41, 5.74) is 3.52. The summed E-state index contributed by atoms with van der Waals surface area (Å²) in [6.07, 6.45) is 12.1. The Morgan fingerprint density at radius 1 is 0.533 bits per heavy atom. The molecule has 0 saturated carbocycles. The Hall–Kier alpha value is -4.05. The van der Waals surface area contributed by atoms with Crippen molar-refractivity contribution in [1.29, 1.82) is 0 Å². The third-order valence-electron chi connectivity index (χ3n) is 8.08. The van der Waals surface area contributed by atoms with Crippen molar-refractivity contribution in [3.63, 3.8) is 0 Å². The van der Waals surface area contributed by atoms with Crippen LogP contribution in [0.1, 0.15) is 106 Å². The van der Waals surface area contributed by atoms with Gasteiger partial charge in [-0.3, -0.25) is 4.79 Å². The SMILES string of the molecule is CC(C)CCCCCc1ccc(Oc2cc(Oc3ccc(CCCCCC(C)C)cc3)cc(C(=O)c3ccc(O)cc3)c2)cc1. The minimum atomic E-state index is -0.175. The summed E-state index contributed by atoms with van der Waals surface area (Å²) in [6, 6.07) is 28.0. The van der Waals surface area contributed by atoms with Gasteiger partial charge in [0.1, 0.15) is 28.7 Å². The van der Waals surface area contributed by atoms with Crippen LogP contribution in [0.15, 0.2) is 91.0 Å². The Morgan fingerprint density at radius 2 is 0.978 bits per heavy atom. The highest BCUT2D eigenvalue weighted by molar-refractivity contribution is 6.09. The van der Waals surface area contributed by atoms with Crippen LogP contribution in [0, 0.1) is 11.8 Å². The molecule has 0 aliphatic carbocycles. The zero-order valence-electron chi connectivity index (χ0n) is 27.6. The Morgan fingerprint density at radius 3 is 1.40 bits per heavy atom. The maximum Gasteiger partial charge on any atom is 0.193 e. The molecule has 0 spiro atoms. The number of aromatic hydroxyl groups is 1. The highest BCUT2D eigenvalue weighted by Gasteiger charge is 2.14. The van der Waals surface area contributed by atoms with Gasteiger partial charge in [-0.1, -0.05) is 90.5 Å². The van der Waals surface area contributed by atoms with Crippen LogP contribution in [0.25, 0.3) is 0 Å². The summed E-state index contributed by atoms with van der Waals surface area (Å²) in [5.74, 6) is 3.93. The monoisotopic (exact) mass is 606 g/mol. The van der Waals surface area contributed by atoms with E-state index in [0.717, 1.165) is 24.7 Å². The molecule has 0 bridgehead atoms. The van der Waals surface area contributed by atoms with Crippen LogP contribution < -0.4 is 9.47 Å². The summed E-state index contributed by atoms with van der Waals surface area (Å²) in [5, 5.41) is 9.70. The van der Waals surface area contributed by atoms with Crippen molar-refractivity contribution in [3.05, 3.63) is 113 Å². The molecule has 4 heteroatoms. The minimum Gasteiger partial charge on any atom is -0.508 e. The van der Waals surface area contributed by atoms with Crippen LogP contribution in [0.5, 0.6) is 28.7 Å². The molecule has 0 aliphatic heterocycles. The van der Waals surface area contributed by atoms with Crippen molar-refractivity contribution in [2.24, 2.45) is 11.8 Å². The predicted octanol–water partition coefficient (Wildman–Crippen LogP) is 11.7. The van der Waals surface area contributed by atoms with E-state index < -0.39 is 0 Å². The Bertz CT molecular complexity index is 1370. The van der Waals surface area contributed by atoms with Gasteiger partial charge < -0.3 is 14.6 Å². The Kier molecular flexibility index (Phi) is 13.1. The van der Waals surface area contributed by atoms with Crippen LogP contribution >= 0.6 is 0 Å². The molecule has 0 radical (unpaired) electrons. The maximum atomic E-state index is 13.4. The number of unbranched alkanes of at least 4 members (excludes halogenated alkanes) is 4. The van der Waals surface area contributed by atoms with Gasteiger partial charge in [0.15, 0.2) is 5.78 Å². The van der Waals surface area contributed by atoms with E-state index >= 15 is 0 Å². The normalized spacial score (nSPS) is 11.2. The van der Waals surface area contributed by atoms with Gasteiger partial charge in [-0.25, -0.2) is 0 Å². The van der Waals surface area contributed by atoms with Crippen LogP contribution in [-0.2, 0) is 12.8 Å². The lowest BCUT2D eigenvalue weighted by atomic mass is 10.0. The average Bonchev–Trinajstić information content (AvgIpc) is 3.02. The molecular weight excluding hydrogens is 556 g/mol. The van der Waals surface area contributed by atoms with Crippen molar-refractivity contribution in [3.8, 4) is 28.7 Å². The van der Waals surface area contributed by atoms with Gasteiger partial charge in [-0.05, 0) is 109 Å². The Balaban J connectivity index is 1.45. The van der Waals surface area contributed by atoms with Gasteiger partial charge in [0.2, 0.25) is 0 Å². The highest BCUT2D eigenvalue weighted by atomic mass is 16.5. The second-order valence-corrected chi connectivity index (χ2v) is 13.0. The second kappa shape index (κ2) is 17.4. The van der Waals surface area contributed by atoms with Crippen LogP contribution in [0.2, 0.25) is 0 Å². The first-order valence-electron chi connectivity index (χ1n) is 16.8. The lowest BCUT2D eigenvalue weighted by molar-refractivity contribution is 0.103. The van der Waals surface area contributed by atoms with E-state index in [9.17, 15) is 9.90 Å². The number of benzene rings is 4. The van der Waals surface area contributed by atoms with Crippen molar-refractivity contribution in [2.75, 3.05) is 0 Å².